The van der Waals surface area contributed by atoms with Gasteiger partial charge in [-0.05, 0) is 42.0 Å². The number of fused-ring (bicyclic) bond motifs is 1. The second-order valence-electron chi connectivity index (χ2n) is 5.71. The number of carbonyl (C=O) groups excluding carboxylic acids is 1. The molecule has 26 heavy (non-hydrogen) atoms. The first-order chi connectivity index (χ1) is 12.8. The zero-order valence-corrected chi connectivity index (χ0v) is 14.7. The van der Waals surface area contributed by atoms with Crippen LogP contribution in [0, 0.1) is 0 Å². The lowest BCUT2D eigenvalue weighted by Crippen LogP contribution is -2.12. The fraction of sp³-hybridized carbons (Fsp3) is 0.0500. The van der Waals surface area contributed by atoms with Crippen molar-refractivity contribution in [3.63, 3.8) is 0 Å². The summed E-state index contributed by atoms with van der Waals surface area (Å²) in [5, 5.41) is 3.67. The van der Waals surface area contributed by atoms with Gasteiger partial charge in [0.25, 0.3) is 5.91 Å². The second-order valence-corrected chi connectivity index (χ2v) is 6.68. The number of aromatic amines is 1. The van der Waals surface area contributed by atoms with Crippen LogP contribution >= 0.6 is 11.8 Å². The number of nitrogens with one attached hydrogen (secondary N) is 2. The number of hydrogen-bond donors (Lipinski definition) is 2. The highest BCUT2D eigenvalue weighted by molar-refractivity contribution is 7.98. The first-order valence-corrected chi connectivity index (χ1v) is 9.15. The Balaban J connectivity index is 1.38. The van der Waals surface area contributed by atoms with Crippen molar-refractivity contribution in [1.29, 1.82) is 0 Å². The van der Waals surface area contributed by atoms with Crippen molar-refractivity contribution in [2.75, 3.05) is 5.32 Å². The van der Waals surface area contributed by atoms with Crippen molar-refractivity contribution in [3.05, 3.63) is 84.1 Å². The van der Waals surface area contributed by atoms with Crippen molar-refractivity contribution < 1.29 is 4.79 Å². The zero-order valence-electron chi connectivity index (χ0n) is 13.8. The molecule has 0 spiro atoms. The number of rotatable bonds is 5. The number of hydrogen-bond acceptors (Lipinski definition) is 4. The lowest BCUT2D eigenvalue weighted by molar-refractivity contribution is 0.102. The molecule has 4 rings (SSSR count). The predicted octanol–water partition coefficient (Wildman–Crippen LogP) is 4.50. The van der Waals surface area contributed by atoms with Gasteiger partial charge in [-0.15, -0.1) is 0 Å². The number of imidazole rings is 1. The van der Waals surface area contributed by atoms with Gasteiger partial charge in [0.2, 0.25) is 0 Å². The third-order valence-corrected chi connectivity index (χ3v) is 4.81. The standard InChI is InChI=1S/C20H16N4OS/c25-19(24-18-7-3-4-12-21-18)15-10-8-14(9-11-15)13-26-20-22-16-5-1-2-6-17(16)23-20/h1-12H,13H2,(H,22,23)(H,21,24,25). The van der Waals surface area contributed by atoms with E-state index in [0.29, 0.717) is 11.4 Å². The van der Waals surface area contributed by atoms with Crippen LogP contribution in [0.5, 0.6) is 0 Å². The zero-order chi connectivity index (χ0) is 17.8. The summed E-state index contributed by atoms with van der Waals surface area (Å²) in [6.45, 7) is 0. The molecule has 128 valence electrons. The minimum Gasteiger partial charge on any atom is -0.333 e. The fourth-order valence-corrected chi connectivity index (χ4v) is 3.37. The van der Waals surface area contributed by atoms with Crippen LogP contribution in [0.1, 0.15) is 15.9 Å². The predicted molar refractivity (Wildman–Crippen MR) is 104 cm³/mol. The van der Waals surface area contributed by atoms with Crippen molar-refractivity contribution in [2.24, 2.45) is 0 Å². The third-order valence-electron chi connectivity index (χ3n) is 3.87. The summed E-state index contributed by atoms with van der Waals surface area (Å²) in [6, 6.07) is 21.0. The normalized spacial score (nSPS) is 10.8. The SMILES string of the molecule is O=C(Nc1ccccn1)c1ccc(CSc2nc3ccccc3[nH]2)cc1. The Hall–Kier alpha value is -3.12. The summed E-state index contributed by atoms with van der Waals surface area (Å²) in [6.07, 6.45) is 1.65. The topological polar surface area (TPSA) is 70.7 Å². The maximum Gasteiger partial charge on any atom is 0.256 e. The Morgan fingerprint density at radius 1 is 1.00 bits per heavy atom. The Labute approximate surface area is 154 Å². The number of benzene rings is 2. The molecule has 2 N–H and O–H groups in total. The average molecular weight is 360 g/mol. The Morgan fingerprint density at radius 3 is 2.58 bits per heavy atom. The molecule has 2 heterocycles. The number of anilines is 1. The van der Waals surface area contributed by atoms with Gasteiger partial charge in [0.05, 0.1) is 11.0 Å². The first kappa shape index (κ1) is 16.4. The van der Waals surface area contributed by atoms with Gasteiger partial charge in [-0.2, -0.15) is 0 Å². The van der Waals surface area contributed by atoms with E-state index in [1.807, 2.05) is 60.7 Å². The van der Waals surface area contributed by atoms with E-state index >= 15 is 0 Å². The van der Waals surface area contributed by atoms with Gasteiger partial charge in [-0.3, -0.25) is 4.79 Å². The highest BCUT2D eigenvalue weighted by atomic mass is 32.2. The molecule has 2 aromatic heterocycles. The summed E-state index contributed by atoms with van der Waals surface area (Å²) in [7, 11) is 0. The molecule has 0 unspecified atom stereocenters. The smallest absolute Gasteiger partial charge is 0.256 e. The van der Waals surface area contributed by atoms with Crippen LogP contribution < -0.4 is 5.32 Å². The highest BCUT2D eigenvalue weighted by Crippen LogP contribution is 2.23. The summed E-state index contributed by atoms with van der Waals surface area (Å²) < 4.78 is 0. The summed E-state index contributed by atoms with van der Waals surface area (Å²) in [5.41, 5.74) is 3.74. The molecule has 0 atom stereocenters. The van der Waals surface area contributed by atoms with Crippen LogP contribution in [0.25, 0.3) is 11.0 Å². The minimum atomic E-state index is -0.166. The molecule has 0 aliphatic carbocycles. The number of aromatic nitrogens is 3. The number of nitrogens with zero attached hydrogens (tertiary/aromatic N) is 2. The number of pyridine rings is 1. The first-order valence-electron chi connectivity index (χ1n) is 8.17. The summed E-state index contributed by atoms with van der Waals surface area (Å²) >= 11 is 1.64. The van der Waals surface area contributed by atoms with Crippen LogP contribution in [0.15, 0.2) is 78.1 Å². The monoisotopic (exact) mass is 360 g/mol. The second kappa shape index (κ2) is 7.41. The number of amides is 1. The van der Waals surface area contributed by atoms with Gasteiger partial charge >= 0.3 is 0 Å². The molecule has 4 aromatic rings. The van der Waals surface area contributed by atoms with Crippen molar-refractivity contribution >= 4 is 34.5 Å². The Morgan fingerprint density at radius 2 is 1.81 bits per heavy atom. The van der Waals surface area contributed by atoms with Gasteiger partial charge in [0, 0.05) is 17.5 Å². The third kappa shape index (κ3) is 3.75. The van der Waals surface area contributed by atoms with E-state index in [4.69, 9.17) is 0 Å². The van der Waals surface area contributed by atoms with Crippen LogP contribution in [0.4, 0.5) is 5.82 Å². The Bertz CT molecular complexity index is 996. The number of H-pyrrole nitrogens is 1. The number of carbonyl (C=O) groups is 1. The maximum atomic E-state index is 12.2. The van der Waals surface area contributed by atoms with Crippen molar-refractivity contribution in [3.8, 4) is 0 Å². The van der Waals surface area contributed by atoms with E-state index in [2.05, 4.69) is 20.3 Å². The molecule has 0 aliphatic heterocycles. The molecule has 2 aromatic carbocycles. The van der Waals surface area contributed by atoms with Gasteiger partial charge in [0.15, 0.2) is 5.16 Å². The molecule has 0 aliphatic rings. The van der Waals surface area contributed by atoms with E-state index in [9.17, 15) is 4.79 Å². The molecule has 0 saturated heterocycles. The van der Waals surface area contributed by atoms with Gasteiger partial charge in [-0.1, -0.05) is 42.1 Å². The van der Waals surface area contributed by atoms with Crippen molar-refractivity contribution in [1.82, 2.24) is 15.0 Å². The molecule has 1 amide bonds. The number of para-hydroxylation sites is 2. The quantitative estimate of drug-likeness (QED) is 0.514. The minimum absolute atomic E-state index is 0.166. The highest BCUT2D eigenvalue weighted by Gasteiger charge is 2.07. The van der Waals surface area contributed by atoms with E-state index in [-0.39, 0.29) is 5.91 Å². The largest absolute Gasteiger partial charge is 0.333 e. The van der Waals surface area contributed by atoms with Gasteiger partial charge < -0.3 is 10.3 Å². The molecule has 0 radical (unpaired) electrons. The molecule has 5 nitrogen and oxygen atoms in total. The summed E-state index contributed by atoms with van der Waals surface area (Å²) in [4.78, 5) is 24.2. The summed E-state index contributed by atoms with van der Waals surface area (Å²) in [5.74, 6) is 1.16. The Kier molecular flexibility index (Phi) is 4.66. The van der Waals surface area contributed by atoms with E-state index in [0.717, 1.165) is 27.5 Å². The molecule has 0 fully saturated rings. The van der Waals surface area contributed by atoms with Crippen LogP contribution in [0.3, 0.4) is 0 Å². The lowest BCUT2D eigenvalue weighted by atomic mass is 10.1. The maximum absolute atomic E-state index is 12.2. The molecule has 0 bridgehead atoms. The van der Waals surface area contributed by atoms with Gasteiger partial charge in [0.1, 0.15) is 5.82 Å². The lowest BCUT2D eigenvalue weighted by Gasteiger charge is -2.05. The van der Waals surface area contributed by atoms with Crippen LogP contribution in [0.2, 0.25) is 0 Å². The van der Waals surface area contributed by atoms with Crippen molar-refractivity contribution in [2.45, 2.75) is 10.9 Å². The molecule has 6 heteroatoms. The molecular weight excluding hydrogens is 344 g/mol. The molecule has 0 saturated carbocycles. The number of thioether (sulfide) groups is 1. The average Bonchev–Trinajstić information content (AvgIpc) is 3.10. The molecular formula is C20H16N4OS. The van der Waals surface area contributed by atoms with Crippen LogP contribution in [-0.2, 0) is 5.75 Å². The van der Waals surface area contributed by atoms with E-state index in [1.165, 1.54) is 0 Å². The van der Waals surface area contributed by atoms with Gasteiger partial charge in [-0.25, -0.2) is 9.97 Å². The van der Waals surface area contributed by atoms with E-state index in [1.54, 1.807) is 24.0 Å². The van der Waals surface area contributed by atoms with Crippen LogP contribution in [-0.4, -0.2) is 20.9 Å². The fourth-order valence-electron chi connectivity index (χ4n) is 2.53. The van der Waals surface area contributed by atoms with E-state index < -0.39 is 0 Å².